The smallest absolute Gasteiger partial charge is 0.271 e. The molecule has 2 rings (SSSR count). The molecule has 0 unspecified atom stereocenters. The molecule has 0 aromatic heterocycles. The van der Waals surface area contributed by atoms with Crippen molar-refractivity contribution in [3.05, 3.63) is 53.6 Å². The van der Waals surface area contributed by atoms with Crippen molar-refractivity contribution in [1.29, 1.82) is 0 Å². The zero-order valence-corrected chi connectivity index (χ0v) is 12.4. The fourth-order valence-corrected chi connectivity index (χ4v) is 2.25. The molecule has 1 aliphatic rings. The summed E-state index contributed by atoms with van der Waals surface area (Å²) in [5.41, 5.74) is 6.03. The normalized spacial score (nSPS) is 20.0. The zero-order chi connectivity index (χ0) is 15.4. The second-order valence-electron chi connectivity index (χ2n) is 5.42. The topological polar surface area (TPSA) is 61.7 Å². The van der Waals surface area contributed by atoms with Gasteiger partial charge in [-0.05, 0) is 56.4 Å². The standard InChI is InChI=1S/C17H20N2O2/c1-11(2)13-8-7-12(3)16(10-13)18-19-17(21)14-5-4-6-15(20)9-14/h4-7,9,13,20H,1,8,10H2,2-3H3,(H,19,21)/t13-/m0/s1. The van der Waals surface area contributed by atoms with Crippen LogP contribution in [0.1, 0.15) is 37.0 Å². The summed E-state index contributed by atoms with van der Waals surface area (Å²) in [5, 5.41) is 13.6. The van der Waals surface area contributed by atoms with Crippen molar-refractivity contribution in [2.45, 2.75) is 26.7 Å². The summed E-state index contributed by atoms with van der Waals surface area (Å²) in [7, 11) is 0. The predicted molar refractivity (Wildman–Crippen MR) is 84.3 cm³/mol. The Balaban J connectivity index is 2.09. The Bertz CT molecular complexity index is 629. The highest BCUT2D eigenvalue weighted by atomic mass is 16.3. The highest BCUT2D eigenvalue weighted by Crippen LogP contribution is 2.26. The van der Waals surface area contributed by atoms with Crippen molar-refractivity contribution in [2.24, 2.45) is 11.0 Å². The molecule has 1 aromatic carbocycles. The molecular formula is C17H20N2O2. The Morgan fingerprint density at radius 1 is 1.48 bits per heavy atom. The number of nitrogens with zero attached hydrogens (tertiary/aromatic N) is 1. The highest BCUT2D eigenvalue weighted by Gasteiger charge is 2.18. The lowest BCUT2D eigenvalue weighted by molar-refractivity contribution is 0.0954. The third kappa shape index (κ3) is 3.81. The summed E-state index contributed by atoms with van der Waals surface area (Å²) in [6.07, 6.45) is 3.89. The molecule has 0 fully saturated rings. The maximum absolute atomic E-state index is 12.0. The quantitative estimate of drug-likeness (QED) is 0.660. The lowest BCUT2D eigenvalue weighted by atomic mass is 9.85. The monoisotopic (exact) mass is 284 g/mol. The summed E-state index contributed by atoms with van der Waals surface area (Å²) in [6, 6.07) is 6.19. The van der Waals surface area contributed by atoms with Crippen LogP contribution in [0.3, 0.4) is 0 Å². The van der Waals surface area contributed by atoms with Gasteiger partial charge in [0.1, 0.15) is 5.75 Å². The number of amides is 1. The van der Waals surface area contributed by atoms with Crippen molar-refractivity contribution < 1.29 is 9.90 Å². The molecule has 4 nitrogen and oxygen atoms in total. The van der Waals surface area contributed by atoms with E-state index in [0.29, 0.717) is 11.5 Å². The number of allylic oxidation sites excluding steroid dienone is 3. The van der Waals surface area contributed by atoms with Crippen molar-refractivity contribution in [2.75, 3.05) is 0 Å². The van der Waals surface area contributed by atoms with E-state index < -0.39 is 0 Å². The van der Waals surface area contributed by atoms with Gasteiger partial charge in [0.25, 0.3) is 5.91 Å². The number of carbonyl (C=O) groups is 1. The first kappa shape index (κ1) is 15.0. The lowest BCUT2D eigenvalue weighted by Gasteiger charge is -2.22. The summed E-state index contributed by atoms with van der Waals surface area (Å²) in [4.78, 5) is 12.0. The highest BCUT2D eigenvalue weighted by molar-refractivity contribution is 6.02. The van der Waals surface area contributed by atoms with E-state index in [0.717, 1.165) is 29.7 Å². The minimum Gasteiger partial charge on any atom is -0.508 e. The second kappa shape index (κ2) is 6.39. The number of hydrogen-bond acceptors (Lipinski definition) is 3. The molecule has 0 heterocycles. The van der Waals surface area contributed by atoms with Gasteiger partial charge in [-0.2, -0.15) is 5.10 Å². The Labute approximate surface area is 124 Å². The van der Waals surface area contributed by atoms with Gasteiger partial charge in [-0.15, -0.1) is 0 Å². The number of hydrazone groups is 1. The van der Waals surface area contributed by atoms with Crippen LogP contribution < -0.4 is 5.43 Å². The van der Waals surface area contributed by atoms with Crippen molar-refractivity contribution in [1.82, 2.24) is 5.43 Å². The number of rotatable bonds is 3. The molecule has 21 heavy (non-hydrogen) atoms. The lowest BCUT2D eigenvalue weighted by Crippen LogP contribution is -2.23. The maximum Gasteiger partial charge on any atom is 0.271 e. The van der Waals surface area contributed by atoms with Crippen LogP contribution in [0, 0.1) is 5.92 Å². The van der Waals surface area contributed by atoms with E-state index >= 15 is 0 Å². The third-order valence-corrected chi connectivity index (χ3v) is 3.70. The second-order valence-corrected chi connectivity index (χ2v) is 5.42. The van der Waals surface area contributed by atoms with Crippen LogP contribution >= 0.6 is 0 Å². The molecule has 1 atom stereocenters. The number of nitrogens with one attached hydrogen (secondary N) is 1. The molecule has 0 bridgehead atoms. The SMILES string of the molecule is C=C(C)[C@H]1CC=C(C)C(=NNC(=O)c2cccc(O)c2)C1. The predicted octanol–water partition coefficient (Wildman–Crippen LogP) is 3.41. The molecule has 1 amide bonds. The number of aromatic hydroxyl groups is 1. The molecule has 0 saturated carbocycles. The number of benzene rings is 1. The summed E-state index contributed by atoms with van der Waals surface area (Å²) in [5.74, 6) is 0.111. The first-order chi connectivity index (χ1) is 9.97. The molecule has 2 N–H and O–H groups in total. The van der Waals surface area contributed by atoms with Crippen molar-refractivity contribution >= 4 is 11.6 Å². The van der Waals surface area contributed by atoms with Gasteiger partial charge in [0, 0.05) is 5.56 Å². The largest absolute Gasteiger partial charge is 0.508 e. The minimum absolute atomic E-state index is 0.0615. The van der Waals surface area contributed by atoms with Gasteiger partial charge in [0.05, 0.1) is 5.71 Å². The van der Waals surface area contributed by atoms with Crippen LogP contribution in [-0.2, 0) is 0 Å². The number of carbonyl (C=O) groups excluding carboxylic acids is 1. The molecule has 1 aromatic rings. The van der Waals surface area contributed by atoms with Gasteiger partial charge in [-0.25, -0.2) is 5.43 Å². The average Bonchev–Trinajstić information content (AvgIpc) is 2.45. The van der Waals surface area contributed by atoms with E-state index in [1.54, 1.807) is 12.1 Å². The maximum atomic E-state index is 12.0. The number of hydrogen-bond donors (Lipinski definition) is 2. The van der Waals surface area contributed by atoms with E-state index in [9.17, 15) is 9.90 Å². The summed E-state index contributed by atoms with van der Waals surface area (Å²) < 4.78 is 0. The van der Waals surface area contributed by atoms with Crippen LogP contribution in [0.25, 0.3) is 0 Å². The van der Waals surface area contributed by atoms with Gasteiger partial charge >= 0.3 is 0 Å². The van der Waals surface area contributed by atoms with E-state index in [1.807, 2.05) is 13.8 Å². The third-order valence-electron chi connectivity index (χ3n) is 3.70. The minimum atomic E-state index is -0.330. The first-order valence-electron chi connectivity index (χ1n) is 6.96. The van der Waals surface area contributed by atoms with Gasteiger partial charge in [-0.3, -0.25) is 4.79 Å². The number of phenols is 1. The van der Waals surface area contributed by atoms with Gasteiger partial charge < -0.3 is 5.11 Å². The van der Waals surface area contributed by atoms with Gasteiger partial charge in [0.2, 0.25) is 0 Å². The molecule has 110 valence electrons. The molecule has 0 aliphatic heterocycles. The Morgan fingerprint density at radius 2 is 2.24 bits per heavy atom. The van der Waals surface area contributed by atoms with E-state index in [-0.39, 0.29) is 11.7 Å². The van der Waals surface area contributed by atoms with E-state index in [2.05, 4.69) is 23.2 Å². The fourth-order valence-electron chi connectivity index (χ4n) is 2.25. The van der Waals surface area contributed by atoms with Crippen LogP contribution in [0.5, 0.6) is 5.75 Å². The summed E-state index contributed by atoms with van der Waals surface area (Å²) in [6.45, 7) is 8.00. The van der Waals surface area contributed by atoms with Crippen LogP contribution in [0.2, 0.25) is 0 Å². The summed E-state index contributed by atoms with van der Waals surface area (Å²) >= 11 is 0. The number of phenolic OH excluding ortho intramolecular Hbond substituents is 1. The van der Waals surface area contributed by atoms with Crippen molar-refractivity contribution in [3.63, 3.8) is 0 Å². The van der Waals surface area contributed by atoms with Crippen LogP contribution in [0.4, 0.5) is 0 Å². The fraction of sp³-hybridized carbons (Fsp3) is 0.294. The van der Waals surface area contributed by atoms with Crippen LogP contribution in [-0.4, -0.2) is 16.7 Å². The average molecular weight is 284 g/mol. The Hall–Kier alpha value is -2.36. The van der Waals surface area contributed by atoms with Crippen LogP contribution in [0.15, 0.2) is 53.2 Å². The molecule has 4 heteroatoms. The Morgan fingerprint density at radius 3 is 2.90 bits per heavy atom. The molecule has 0 saturated heterocycles. The van der Waals surface area contributed by atoms with E-state index in [1.165, 1.54) is 12.1 Å². The first-order valence-corrected chi connectivity index (χ1v) is 6.96. The van der Waals surface area contributed by atoms with Gasteiger partial charge in [0.15, 0.2) is 0 Å². The Kier molecular flexibility index (Phi) is 4.58. The van der Waals surface area contributed by atoms with Crippen molar-refractivity contribution in [3.8, 4) is 5.75 Å². The van der Waals surface area contributed by atoms with E-state index in [4.69, 9.17) is 0 Å². The van der Waals surface area contributed by atoms with Gasteiger partial charge in [-0.1, -0.05) is 24.3 Å². The molecule has 0 spiro atoms. The molecule has 1 aliphatic carbocycles. The molecule has 0 radical (unpaired) electrons. The zero-order valence-electron chi connectivity index (χ0n) is 12.4. The molecular weight excluding hydrogens is 264 g/mol.